The molecule has 0 spiro atoms. The van der Waals surface area contributed by atoms with E-state index in [2.05, 4.69) is 11.1 Å². The molecule has 0 fully saturated rings. The molecule has 0 aliphatic rings. The number of anilines is 1. The standard InChI is InChI=1S/C20H19ClN4O3S2/c1-3-7-25-18(26)12-6-5-11(21)8-15(12)24-20(25)29-10-14-13(9-22)17(23)30-16(14)19(27)28-4-2/h5-6,8H,3-4,7,10,23H2,1-2H3. The molecule has 1 aromatic carbocycles. The van der Waals surface area contributed by atoms with Crippen molar-refractivity contribution in [3.05, 3.63) is 49.6 Å². The van der Waals surface area contributed by atoms with Gasteiger partial charge in [-0.15, -0.1) is 11.3 Å². The molecular formula is C20H19ClN4O3S2. The summed E-state index contributed by atoms with van der Waals surface area (Å²) in [7, 11) is 0. The topological polar surface area (TPSA) is 111 Å². The average molecular weight is 463 g/mol. The molecule has 3 rings (SSSR count). The molecular weight excluding hydrogens is 444 g/mol. The first kappa shape index (κ1) is 22.2. The van der Waals surface area contributed by atoms with Crippen LogP contribution in [0.3, 0.4) is 0 Å². The zero-order chi connectivity index (χ0) is 21.8. The number of carbonyl (C=O) groups is 1. The fraction of sp³-hybridized carbons (Fsp3) is 0.300. The lowest BCUT2D eigenvalue weighted by atomic mass is 10.2. The number of halogens is 1. The number of aromatic nitrogens is 2. The Hall–Kier alpha value is -2.54. The number of carbonyl (C=O) groups excluding carboxylic acids is 1. The van der Waals surface area contributed by atoms with E-state index >= 15 is 0 Å². The van der Waals surface area contributed by atoms with Crippen LogP contribution in [0, 0.1) is 11.3 Å². The number of nitriles is 1. The highest BCUT2D eigenvalue weighted by Gasteiger charge is 2.23. The number of nitrogen functional groups attached to an aromatic ring is 1. The summed E-state index contributed by atoms with van der Waals surface area (Å²) in [5.41, 5.74) is 7.03. The molecule has 2 N–H and O–H groups in total. The van der Waals surface area contributed by atoms with Crippen LogP contribution < -0.4 is 11.3 Å². The number of ether oxygens (including phenoxy) is 1. The Morgan fingerprint density at radius 1 is 1.43 bits per heavy atom. The van der Waals surface area contributed by atoms with E-state index in [1.165, 1.54) is 11.8 Å². The van der Waals surface area contributed by atoms with Crippen molar-refractivity contribution < 1.29 is 9.53 Å². The van der Waals surface area contributed by atoms with Crippen molar-refractivity contribution in [2.75, 3.05) is 12.3 Å². The van der Waals surface area contributed by atoms with E-state index in [1.54, 1.807) is 29.7 Å². The smallest absolute Gasteiger partial charge is 0.348 e. The molecule has 0 saturated heterocycles. The minimum absolute atomic E-state index is 0.156. The summed E-state index contributed by atoms with van der Waals surface area (Å²) < 4.78 is 6.70. The largest absolute Gasteiger partial charge is 0.462 e. The first-order valence-corrected chi connectivity index (χ1v) is 11.4. The summed E-state index contributed by atoms with van der Waals surface area (Å²) in [6, 6.07) is 7.04. The molecule has 0 aliphatic heterocycles. The van der Waals surface area contributed by atoms with Gasteiger partial charge in [-0.1, -0.05) is 30.3 Å². The van der Waals surface area contributed by atoms with Crippen LogP contribution in [-0.4, -0.2) is 22.1 Å². The summed E-state index contributed by atoms with van der Waals surface area (Å²) in [4.78, 5) is 30.2. The van der Waals surface area contributed by atoms with Gasteiger partial charge in [0.2, 0.25) is 0 Å². The fourth-order valence-electron chi connectivity index (χ4n) is 2.95. The lowest BCUT2D eigenvalue weighted by Crippen LogP contribution is -2.23. The lowest BCUT2D eigenvalue weighted by Gasteiger charge is -2.12. The van der Waals surface area contributed by atoms with Crippen molar-refractivity contribution >= 4 is 56.6 Å². The normalized spacial score (nSPS) is 10.9. The molecule has 0 radical (unpaired) electrons. The maximum absolute atomic E-state index is 13.0. The van der Waals surface area contributed by atoms with Crippen molar-refractivity contribution in [2.24, 2.45) is 0 Å². The Balaban J connectivity index is 2.05. The molecule has 0 saturated carbocycles. The van der Waals surface area contributed by atoms with Gasteiger partial charge in [-0.2, -0.15) is 5.26 Å². The van der Waals surface area contributed by atoms with E-state index < -0.39 is 5.97 Å². The number of fused-ring (bicyclic) bond motifs is 1. The zero-order valence-corrected chi connectivity index (χ0v) is 18.8. The molecule has 2 heterocycles. The van der Waals surface area contributed by atoms with E-state index in [9.17, 15) is 14.9 Å². The lowest BCUT2D eigenvalue weighted by molar-refractivity contribution is 0.0531. The van der Waals surface area contributed by atoms with Gasteiger partial charge in [0.1, 0.15) is 15.9 Å². The molecule has 0 bridgehead atoms. The van der Waals surface area contributed by atoms with Crippen molar-refractivity contribution in [1.82, 2.24) is 9.55 Å². The predicted octanol–water partition coefficient (Wildman–Crippen LogP) is 4.44. The molecule has 2 aromatic heterocycles. The van der Waals surface area contributed by atoms with Gasteiger partial charge in [0.05, 0.1) is 23.1 Å². The maximum Gasteiger partial charge on any atom is 0.348 e. The quantitative estimate of drug-likeness (QED) is 0.313. The number of rotatable bonds is 7. The van der Waals surface area contributed by atoms with Gasteiger partial charge in [-0.25, -0.2) is 9.78 Å². The fourth-order valence-corrected chi connectivity index (χ4v) is 5.19. The highest BCUT2D eigenvalue weighted by atomic mass is 35.5. The van der Waals surface area contributed by atoms with Crippen LogP contribution in [0.4, 0.5) is 5.00 Å². The van der Waals surface area contributed by atoms with Gasteiger partial charge < -0.3 is 10.5 Å². The van der Waals surface area contributed by atoms with E-state index in [4.69, 9.17) is 22.1 Å². The highest BCUT2D eigenvalue weighted by Crippen LogP contribution is 2.35. The van der Waals surface area contributed by atoms with E-state index in [0.29, 0.717) is 38.1 Å². The van der Waals surface area contributed by atoms with Crippen molar-refractivity contribution in [3.63, 3.8) is 0 Å². The zero-order valence-electron chi connectivity index (χ0n) is 16.4. The summed E-state index contributed by atoms with van der Waals surface area (Å²) in [5.74, 6) is -0.275. The second kappa shape index (κ2) is 9.51. The third kappa shape index (κ3) is 4.31. The van der Waals surface area contributed by atoms with Crippen LogP contribution in [-0.2, 0) is 17.0 Å². The number of nitrogens with zero attached hydrogens (tertiary/aromatic N) is 3. The van der Waals surface area contributed by atoms with Crippen LogP contribution in [0.15, 0.2) is 28.2 Å². The minimum Gasteiger partial charge on any atom is -0.462 e. The average Bonchev–Trinajstić information content (AvgIpc) is 3.04. The first-order chi connectivity index (χ1) is 14.4. The SMILES string of the molecule is CCCn1c(SCc2c(C(=O)OCC)sc(N)c2C#N)nc2cc(Cl)ccc2c1=O. The first-order valence-electron chi connectivity index (χ1n) is 9.22. The van der Waals surface area contributed by atoms with Gasteiger partial charge in [-0.05, 0) is 31.5 Å². The Morgan fingerprint density at radius 2 is 2.20 bits per heavy atom. The Morgan fingerprint density at radius 3 is 2.87 bits per heavy atom. The third-order valence-electron chi connectivity index (χ3n) is 4.28. The molecule has 7 nitrogen and oxygen atoms in total. The second-order valence-corrected chi connectivity index (χ2v) is 8.71. The number of hydrogen-bond acceptors (Lipinski definition) is 8. The van der Waals surface area contributed by atoms with E-state index in [0.717, 1.165) is 17.8 Å². The van der Waals surface area contributed by atoms with Gasteiger partial charge in [0, 0.05) is 22.9 Å². The van der Waals surface area contributed by atoms with E-state index in [-0.39, 0.29) is 28.5 Å². The number of esters is 1. The van der Waals surface area contributed by atoms with Crippen molar-refractivity contribution in [2.45, 2.75) is 37.7 Å². The van der Waals surface area contributed by atoms with Crippen LogP contribution in [0.1, 0.15) is 41.1 Å². The van der Waals surface area contributed by atoms with Gasteiger partial charge in [0.25, 0.3) is 5.56 Å². The minimum atomic E-state index is -0.518. The molecule has 0 atom stereocenters. The summed E-state index contributed by atoms with van der Waals surface area (Å²) in [6.45, 7) is 4.39. The highest BCUT2D eigenvalue weighted by molar-refractivity contribution is 7.98. The van der Waals surface area contributed by atoms with Crippen LogP contribution >= 0.6 is 34.7 Å². The summed E-state index contributed by atoms with van der Waals surface area (Å²) in [6.07, 6.45) is 0.747. The van der Waals surface area contributed by atoms with Crippen molar-refractivity contribution in [1.29, 1.82) is 5.26 Å². The monoisotopic (exact) mass is 462 g/mol. The summed E-state index contributed by atoms with van der Waals surface area (Å²) in [5, 5.41) is 11.2. The molecule has 0 aliphatic carbocycles. The number of benzene rings is 1. The van der Waals surface area contributed by atoms with Gasteiger partial charge in [0.15, 0.2) is 5.16 Å². The van der Waals surface area contributed by atoms with Gasteiger partial charge in [-0.3, -0.25) is 9.36 Å². The molecule has 0 amide bonds. The molecule has 30 heavy (non-hydrogen) atoms. The number of hydrogen-bond donors (Lipinski definition) is 1. The number of nitrogens with two attached hydrogens (primary N) is 1. The van der Waals surface area contributed by atoms with Crippen LogP contribution in [0.2, 0.25) is 5.02 Å². The second-order valence-electron chi connectivity index (χ2n) is 6.28. The Labute approximate surface area is 186 Å². The van der Waals surface area contributed by atoms with Gasteiger partial charge >= 0.3 is 5.97 Å². The molecule has 0 unspecified atom stereocenters. The number of thiophene rings is 1. The number of thioether (sulfide) groups is 1. The molecule has 156 valence electrons. The predicted molar refractivity (Wildman–Crippen MR) is 120 cm³/mol. The Kier molecular flexibility index (Phi) is 7.02. The molecule has 3 aromatic rings. The van der Waals surface area contributed by atoms with Crippen LogP contribution in [0.25, 0.3) is 10.9 Å². The Bertz CT molecular complexity index is 1210. The molecule has 10 heteroatoms. The maximum atomic E-state index is 13.0. The summed E-state index contributed by atoms with van der Waals surface area (Å²) >= 11 is 8.37. The van der Waals surface area contributed by atoms with Crippen LogP contribution in [0.5, 0.6) is 0 Å². The van der Waals surface area contributed by atoms with E-state index in [1.807, 2.05) is 6.92 Å². The third-order valence-corrected chi connectivity index (χ3v) is 6.56. The van der Waals surface area contributed by atoms with Crippen molar-refractivity contribution in [3.8, 4) is 6.07 Å².